The maximum absolute atomic E-state index is 12.0. The largest absolute Gasteiger partial charge is 0.480 e. The zero-order valence-electron chi connectivity index (χ0n) is 12.3. The number of aryl methyl sites for hydroxylation is 1. The van der Waals surface area contributed by atoms with Crippen molar-refractivity contribution in [3.8, 4) is 0 Å². The SMILES string of the molecule is Cc1nc(CNC(=O)NC2(C(=O)O)CCCC(C)C2)cs1. The summed E-state index contributed by atoms with van der Waals surface area (Å²) in [6, 6.07) is -0.447. The van der Waals surface area contributed by atoms with E-state index < -0.39 is 17.5 Å². The summed E-state index contributed by atoms with van der Waals surface area (Å²) in [7, 11) is 0. The number of carbonyl (C=O) groups excluding carboxylic acids is 1. The van der Waals surface area contributed by atoms with Crippen LogP contribution in [-0.4, -0.2) is 27.6 Å². The molecule has 0 aliphatic heterocycles. The molecular formula is C14H21N3O3S. The van der Waals surface area contributed by atoms with Gasteiger partial charge in [-0.3, -0.25) is 0 Å². The lowest BCUT2D eigenvalue weighted by atomic mass is 9.76. The first-order valence-corrected chi connectivity index (χ1v) is 8.00. The smallest absolute Gasteiger partial charge is 0.329 e. The topological polar surface area (TPSA) is 91.3 Å². The molecule has 0 saturated heterocycles. The van der Waals surface area contributed by atoms with Gasteiger partial charge in [-0.1, -0.05) is 19.8 Å². The normalized spacial score (nSPS) is 25.3. The summed E-state index contributed by atoms with van der Waals surface area (Å²) in [6.07, 6.45) is 2.79. The van der Waals surface area contributed by atoms with Crippen LogP contribution in [-0.2, 0) is 11.3 Å². The van der Waals surface area contributed by atoms with Gasteiger partial charge in [-0.15, -0.1) is 11.3 Å². The van der Waals surface area contributed by atoms with Crippen molar-refractivity contribution in [3.63, 3.8) is 0 Å². The Balaban J connectivity index is 1.94. The Morgan fingerprint density at radius 2 is 2.33 bits per heavy atom. The summed E-state index contributed by atoms with van der Waals surface area (Å²) in [5.41, 5.74) is -0.353. The minimum absolute atomic E-state index is 0.302. The van der Waals surface area contributed by atoms with E-state index in [1.54, 1.807) is 0 Å². The second kappa shape index (κ2) is 6.43. The quantitative estimate of drug-likeness (QED) is 0.795. The van der Waals surface area contributed by atoms with Gasteiger partial charge in [0, 0.05) is 5.38 Å². The second-order valence-electron chi connectivity index (χ2n) is 5.75. The fraction of sp³-hybridized carbons (Fsp3) is 0.643. The van der Waals surface area contributed by atoms with E-state index in [1.165, 1.54) is 11.3 Å². The summed E-state index contributed by atoms with van der Waals surface area (Å²) < 4.78 is 0. The van der Waals surface area contributed by atoms with Gasteiger partial charge in [0.25, 0.3) is 0 Å². The van der Waals surface area contributed by atoms with Crippen molar-refractivity contribution in [3.05, 3.63) is 16.1 Å². The van der Waals surface area contributed by atoms with Crippen molar-refractivity contribution >= 4 is 23.3 Å². The number of thiazole rings is 1. The summed E-state index contributed by atoms with van der Waals surface area (Å²) in [6.45, 7) is 4.23. The summed E-state index contributed by atoms with van der Waals surface area (Å²) >= 11 is 1.52. The van der Waals surface area contributed by atoms with Crippen molar-refractivity contribution in [2.24, 2.45) is 5.92 Å². The standard InChI is InChI=1S/C14H21N3O3S/c1-9-4-3-5-14(6-9,12(18)19)17-13(20)15-7-11-8-21-10(2)16-11/h8-9H,3-7H2,1-2H3,(H,18,19)(H2,15,17,20). The van der Waals surface area contributed by atoms with Gasteiger partial charge >= 0.3 is 12.0 Å². The van der Waals surface area contributed by atoms with Gasteiger partial charge in [0.15, 0.2) is 0 Å². The van der Waals surface area contributed by atoms with Crippen LogP contribution >= 0.6 is 11.3 Å². The lowest BCUT2D eigenvalue weighted by Crippen LogP contribution is -2.59. The third-order valence-corrected chi connectivity index (χ3v) is 4.68. The molecule has 1 fully saturated rings. The fourth-order valence-corrected chi connectivity index (χ4v) is 3.45. The van der Waals surface area contributed by atoms with Crippen molar-refractivity contribution in [1.29, 1.82) is 0 Å². The van der Waals surface area contributed by atoms with E-state index in [0.29, 0.717) is 25.3 Å². The number of aliphatic carboxylic acids is 1. The molecule has 7 heteroatoms. The lowest BCUT2D eigenvalue weighted by molar-refractivity contribution is -0.146. The van der Waals surface area contributed by atoms with Gasteiger partial charge in [-0.25, -0.2) is 14.6 Å². The van der Waals surface area contributed by atoms with Gasteiger partial charge in [-0.05, 0) is 25.7 Å². The molecule has 1 aromatic heterocycles. The molecule has 2 atom stereocenters. The number of nitrogens with zero attached hydrogens (tertiary/aromatic N) is 1. The van der Waals surface area contributed by atoms with Crippen LogP contribution in [0.3, 0.4) is 0 Å². The van der Waals surface area contributed by atoms with Crippen LogP contribution in [0, 0.1) is 12.8 Å². The first kappa shape index (κ1) is 15.8. The molecule has 3 N–H and O–H groups in total. The minimum atomic E-state index is -1.14. The van der Waals surface area contributed by atoms with Crippen molar-refractivity contribution in [1.82, 2.24) is 15.6 Å². The molecule has 2 unspecified atom stereocenters. The first-order valence-electron chi connectivity index (χ1n) is 7.12. The van der Waals surface area contributed by atoms with Gasteiger partial charge in [-0.2, -0.15) is 0 Å². The van der Waals surface area contributed by atoms with Crippen molar-refractivity contribution in [2.45, 2.75) is 51.6 Å². The molecule has 0 bridgehead atoms. The Morgan fingerprint density at radius 3 is 2.90 bits per heavy atom. The average Bonchev–Trinajstić information content (AvgIpc) is 2.82. The Kier molecular flexibility index (Phi) is 4.82. The number of carbonyl (C=O) groups is 2. The minimum Gasteiger partial charge on any atom is -0.480 e. The zero-order chi connectivity index (χ0) is 15.5. The Hall–Kier alpha value is -1.63. The molecule has 2 amide bonds. The van der Waals surface area contributed by atoms with E-state index in [-0.39, 0.29) is 0 Å². The Bertz CT molecular complexity index is 531. The van der Waals surface area contributed by atoms with Crippen molar-refractivity contribution in [2.75, 3.05) is 0 Å². The molecule has 6 nitrogen and oxygen atoms in total. The molecule has 0 spiro atoms. The number of hydrogen-bond acceptors (Lipinski definition) is 4. The number of amides is 2. The van der Waals surface area contributed by atoms with Crippen LogP contribution in [0.2, 0.25) is 0 Å². The molecule has 0 aromatic carbocycles. The summed E-state index contributed by atoms with van der Waals surface area (Å²) in [4.78, 5) is 27.8. The summed E-state index contributed by atoms with van der Waals surface area (Å²) in [5, 5.41) is 17.7. The molecule has 1 saturated carbocycles. The number of carboxylic acid groups (broad SMARTS) is 1. The summed E-state index contributed by atoms with van der Waals surface area (Å²) in [5.74, 6) is -0.648. The molecule has 21 heavy (non-hydrogen) atoms. The maximum atomic E-state index is 12.0. The maximum Gasteiger partial charge on any atom is 0.329 e. The van der Waals surface area contributed by atoms with Gasteiger partial charge in [0.05, 0.1) is 17.2 Å². The van der Waals surface area contributed by atoms with E-state index >= 15 is 0 Å². The third kappa shape index (κ3) is 3.93. The number of carboxylic acids is 1. The number of nitrogens with one attached hydrogen (secondary N) is 2. The van der Waals surface area contributed by atoms with Gasteiger partial charge in [0.2, 0.25) is 0 Å². The predicted molar refractivity (Wildman–Crippen MR) is 80.2 cm³/mol. The van der Waals surface area contributed by atoms with Crippen LogP contribution in [0.4, 0.5) is 4.79 Å². The van der Waals surface area contributed by atoms with Crippen molar-refractivity contribution < 1.29 is 14.7 Å². The highest BCUT2D eigenvalue weighted by atomic mass is 32.1. The van der Waals surface area contributed by atoms with E-state index in [1.807, 2.05) is 19.2 Å². The van der Waals surface area contributed by atoms with E-state index in [4.69, 9.17) is 0 Å². The van der Waals surface area contributed by atoms with Crippen LogP contribution in [0.15, 0.2) is 5.38 Å². The van der Waals surface area contributed by atoms with Gasteiger partial charge in [0.1, 0.15) is 5.54 Å². The molecule has 1 aromatic rings. The van der Waals surface area contributed by atoms with Crippen LogP contribution in [0.25, 0.3) is 0 Å². The molecule has 0 radical (unpaired) electrons. The van der Waals surface area contributed by atoms with E-state index in [0.717, 1.165) is 23.5 Å². The van der Waals surface area contributed by atoms with Crippen LogP contribution in [0.1, 0.15) is 43.3 Å². The Morgan fingerprint density at radius 1 is 1.57 bits per heavy atom. The molecule has 1 heterocycles. The molecule has 1 aliphatic carbocycles. The molecule has 1 aliphatic rings. The van der Waals surface area contributed by atoms with E-state index in [2.05, 4.69) is 15.6 Å². The zero-order valence-corrected chi connectivity index (χ0v) is 13.1. The number of hydrogen-bond donors (Lipinski definition) is 3. The molecular weight excluding hydrogens is 290 g/mol. The highest BCUT2D eigenvalue weighted by Gasteiger charge is 2.43. The van der Waals surface area contributed by atoms with Gasteiger partial charge < -0.3 is 15.7 Å². The average molecular weight is 311 g/mol. The first-order chi connectivity index (χ1) is 9.91. The number of aromatic nitrogens is 1. The van der Waals surface area contributed by atoms with Crippen LogP contribution < -0.4 is 10.6 Å². The molecule has 2 rings (SSSR count). The number of rotatable bonds is 4. The lowest BCUT2D eigenvalue weighted by Gasteiger charge is -2.36. The predicted octanol–water partition coefficient (Wildman–Crippen LogP) is 2.28. The Labute approximate surface area is 128 Å². The third-order valence-electron chi connectivity index (χ3n) is 3.86. The number of urea groups is 1. The highest BCUT2D eigenvalue weighted by Crippen LogP contribution is 2.32. The highest BCUT2D eigenvalue weighted by molar-refractivity contribution is 7.09. The fourth-order valence-electron chi connectivity index (χ4n) is 2.83. The van der Waals surface area contributed by atoms with E-state index in [9.17, 15) is 14.7 Å². The second-order valence-corrected chi connectivity index (χ2v) is 6.82. The monoisotopic (exact) mass is 311 g/mol. The van der Waals surface area contributed by atoms with Crippen LogP contribution in [0.5, 0.6) is 0 Å². The molecule has 116 valence electrons.